The van der Waals surface area contributed by atoms with Crippen molar-refractivity contribution in [1.82, 2.24) is 4.57 Å². The summed E-state index contributed by atoms with van der Waals surface area (Å²) in [6.45, 7) is 0. The molecule has 0 unspecified atom stereocenters. The van der Waals surface area contributed by atoms with Gasteiger partial charge in [-0.3, -0.25) is 0 Å². The predicted octanol–water partition coefficient (Wildman–Crippen LogP) is 6.03. The summed E-state index contributed by atoms with van der Waals surface area (Å²) >= 11 is 0. The molecule has 0 aliphatic carbocycles. The Kier molecular flexibility index (Phi) is 3.29. The summed E-state index contributed by atoms with van der Waals surface area (Å²) in [7, 11) is 0. The minimum absolute atomic E-state index is 0.788. The van der Waals surface area contributed by atoms with E-state index in [-0.39, 0.29) is 0 Å². The molecule has 1 heterocycles. The largest absolute Gasteiger partial charge is 0.399 e. The molecule has 0 saturated carbocycles. The second-order valence-electron chi connectivity index (χ2n) is 6.54. The average molecular weight is 334 g/mol. The zero-order valence-electron chi connectivity index (χ0n) is 14.3. The summed E-state index contributed by atoms with van der Waals surface area (Å²) in [4.78, 5) is 0. The highest BCUT2D eigenvalue weighted by atomic mass is 15.0. The number of nitrogens with two attached hydrogens (primary N) is 1. The molecule has 0 fully saturated rings. The Morgan fingerprint density at radius 3 is 1.50 bits per heavy atom. The molecule has 0 aliphatic heterocycles. The van der Waals surface area contributed by atoms with Gasteiger partial charge in [0.15, 0.2) is 0 Å². The van der Waals surface area contributed by atoms with Crippen molar-refractivity contribution in [3.8, 4) is 16.8 Å². The Hall–Kier alpha value is -3.52. The number of para-hydroxylation sites is 2. The first-order valence-corrected chi connectivity index (χ1v) is 8.76. The third-order valence-corrected chi connectivity index (χ3v) is 4.95. The van der Waals surface area contributed by atoms with Crippen LogP contribution >= 0.6 is 0 Å². The molecule has 0 radical (unpaired) electrons. The van der Waals surface area contributed by atoms with Crippen molar-refractivity contribution in [3.63, 3.8) is 0 Å². The van der Waals surface area contributed by atoms with Gasteiger partial charge in [-0.05, 0) is 47.5 Å². The van der Waals surface area contributed by atoms with Crippen molar-refractivity contribution in [3.05, 3.63) is 97.1 Å². The van der Waals surface area contributed by atoms with Crippen LogP contribution in [0.4, 0.5) is 5.69 Å². The molecule has 124 valence electrons. The summed E-state index contributed by atoms with van der Waals surface area (Å²) < 4.78 is 2.33. The van der Waals surface area contributed by atoms with Gasteiger partial charge in [-0.15, -0.1) is 0 Å². The topological polar surface area (TPSA) is 30.9 Å². The van der Waals surface area contributed by atoms with Gasteiger partial charge in [-0.25, -0.2) is 0 Å². The van der Waals surface area contributed by atoms with Crippen molar-refractivity contribution < 1.29 is 0 Å². The van der Waals surface area contributed by atoms with Crippen LogP contribution in [0, 0.1) is 0 Å². The number of aromatic nitrogens is 1. The van der Waals surface area contributed by atoms with E-state index in [9.17, 15) is 0 Å². The standard InChI is InChI=1S/C24H18N2/c25-19-13-9-17(10-14-19)18-11-15-20(16-12-18)26-23-7-3-1-5-21(23)22-6-2-4-8-24(22)26/h1-16H,25H2. The number of rotatable bonds is 2. The first-order chi connectivity index (χ1) is 12.8. The highest BCUT2D eigenvalue weighted by Crippen LogP contribution is 2.32. The number of nitrogen functional groups attached to an aromatic ring is 1. The van der Waals surface area contributed by atoms with Gasteiger partial charge in [0.2, 0.25) is 0 Å². The summed E-state index contributed by atoms with van der Waals surface area (Å²) in [6, 6.07) is 33.9. The minimum atomic E-state index is 0.788. The van der Waals surface area contributed by atoms with Gasteiger partial charge in [-0.2, -0.15) is 0 Å². The molecule has 5 aromatic rings. The number of nitrogens with zero attached hydrogens (tertiary/aromatic N) is 1. The maximum Gasteiger partial charge on any atom is 0.0541 e. The lowest BCUT2D eigenvalue weighted by molar-refractivity contribution is 1.18. The number of hydrogen-bond donors (Lipinski definition) is 1. The minimum Gasteiger partial charge on any atom is -0.399 e. The molecule has 0 spiro atoms. The van der Waals surface area contributed by atoms with Crippen LogP contribution in [0.25, 0.3) is 38.6 Å². The SMILES string of the molecule is Nc1ccc(-c2ccc(-n3c4ccccc4c4ccccc43)cc2)cc1. The number of hydrogen-bond acceptors (Lipinski definition) is 1. The third kappa shape index (κ3) is 2.27. The Morgan fingerprint density at radius 1 is 0.500 bits per heavy atom. The summed E-state index contributed by atoms with van der Waals surface area (Å²) in [5, 5.41) is 2.57. The molecule has 26 heavy (non-hydrogen) atoms. The molecule has 2 nitrogen and oxygen atoms in total. The van der Waals surface area contributed by atoms with Crippen molar-refractivity contribution in [2.24, 2.45) is 0 Å². The lowest BCUT2D eigenvalue weighted by Crippen LogP contribution is -1.93. The zero-order chi connectivity index (χ0) is 17.5. The van der Waals surface area contributed by atoms with Gasteiger partial charge in [0, 0.05) is 22.1 Å². The number of fused-ring (bicyclic) bond motifs is 3. The molecule has 2 N–H and O–H groups in total. The van der Waals surface area contributed by atoms with Crippen LogP contribution in [0.2, 0.25) is 0 Å². The molecule has 0 atom stereocenters. The normalized spacial score (nSPS) is 11.2. The highest BCUT2D eigenvalue weighted by Gasteiger charge is 2.11. The van der Waals surface area contributed by atoms with E-state index in [4.69, 9.17) is 5.73 Å². The van der Waals surface area contributed by atoms with Crippen LogP contribution in [-0.4, -0.2) is 4.57 Å². The molecule has 5 rings (SSSR count). The fraction of sp³-hybridized carbons (Fsp3) is 0. The maximum absolute atomic E-state index is 5.80. The van der Waals surface area contributed by atoms with Crippen LogP contribution in [-0.2, 0) is 0 Å². The monoisotopic (exact) mass is 334 g/mol. The summed E-state index contributed by atoms with van der Waals surface area (Å²) in [6.07, 6.45) is 0. The molecule has 4 aromatic carbocycles. The van der Waals surface area contributed by atoms with E-state index < -0.39 is 0 Å². The van der Waals surface area contributed by atoms with Gasteiger partial charge in [0.1, 0.15) is 0 Å². The quantitative estimate of drug-likeness (QED) is 0.392. The third-order valence-electron chi connectivity index (χ3n) is 4.95. The summed E-state index contributed by atoms with van der Waals surface area (Å²) in [5.41, 5.74) is 12.6. The van der Waals surface area contributed by atoms with E-state index in [1.54, 1.807) is 0 Å². The van der Waals surface area contributed by atoms with Gasteiger partial charge >= 0.3 is 0 Å². The molecular weight excluding hydrogens is 316 g/mol. The average Bonchev–Trinajstić information content (AvgIpc) is 3.03. The van der Waals surface area contributed by atoms with Gasteiger partial charge in [0.05, 0.1) is 11.0 Å². The first-order valence-electron chi connectivity index (χ1n) is 8.76. The van der Waals surface area contributed by atoms with Crippen LogP contribution in [0.1, 0.15) is 0 Å². The second-order valence-corrected chi connectivity index (χ2v) is 6.54. The Morgan fingerprint density at radius 2 is 0.962 bits per heavy atom. The molecule has 0 amide bonds. The van der Waals surface area contributed by atoms with Crippen LogP contribution in [0.15, 0.2) is 97.1 Å². The fourth-order valence-corrected chi connectivity index (χ4v) is 3.68. The number of anilines is 1. The molecule has 0 saturated heterocycles. The van der Waals surface area contributed by atoms with E-state index in [2.05, 4.69) is 89.5 Å². The molecule has 1 aromatic heterocycles. The second kappa shape index (κ2) is 5.78. The predicted molar refractivity (Wildman–Crippen MR) is 111 cm³/mol. The fourth-order valence-electron chi connectivity index (χ4n) is 3.68. The number of benzene rings is 4. The molecular formula is C24H18N2. The lowest BCUT2D eigenvalue weighted by atomic mass is 10.1. The van der Waals surface area contributed by atoms with Gasteiger partial charge < -0.3 is 10.3 Å². The molecule has 0 aliphatic rings. The lowest BCUT2D eigenvalue weighted by Gasteiger charge is -2.09. The first kappa shape index (κ1) is 14.8. The van der Waals surface area contributed by atoms with Gasteiger partial charge in [-0.1, -0.05) is 60.7 Å². The van der Waals surface area contributed by atoms with E-state index in [0.29, 0.717) is 0 Å². The summed E-state index contributed by atoms with van der Waals surface area (Å²) in [5.74, 6) is 0. The maximum atomic E-state index is 5.80. The van der Waals surface area contributed by atoms with Crippen molar-refractivity contribution in [1.29, 1.82) is 0 Å². The van der Waals surface area contributed by atoms with Crippen molar-refractivity contribution in [2.45, 2.75) is 0 Å². The van der Waals surface area contributed by atoms with E-state index in [1.165, 1.54) is 38.6 Å². The molecule has 2 heteroatoms. The smallest absolute Gasteiger partial charge is 0.0541 e. The Labute approximate surface area is 152 Å². The van der Waals surface area contributed by atoms with Crippen LogP contribution < -0.4 is 5.73 Å². The zero-order valence-corrected chi connectivity index (χ0v) is 14.3. The Balaban J connectivity index is 1.69. The van der Waals surface area contributed by atoms with E-state index in [1.807, 2.05) is 12.1 Å². The Bertz CT molecular complexity index is 1160. The van der Waals surface area contributed by atoms with Crippen molar-refractivity contribution >= 4 is 27.5 Å². The van der Waals surface area contributed by atoms with E-state index >= 15 is 0 Å². The molecule has 0 bridgehead atoms. The van der Waals surface area contributed by atoms with Gasteiger partial charge in [0.25, 0.3) is 0 Å². The van der Waals surface area contributed by atoms with Crippen LogP contribution in [0.3, 0.4) is 0 Å². The highest BCUT2D eigenvalue weighted by molar-refractivity contribution is 6.09. The van der Waals surface area contributed by atoms with Crippen molar-refractivity contribution in [2.75, 3.05) is 5.73 Å². The van der Waals surface area contributed by atoms with Crippen LogP contribution in [0.5, 0.6) is 0 Å². The van der Waals surface area contributed by atoms with E-state index in [0.717, 1.165) is 5.69 Å².